The van der Waals surface area contributed by atoms with E-state index in [1.54, 1.807) is 19.1 Å². The van der Waals surface area contributed by atoms with E-state index in [1.165, 1.54) is 0 Å². The van der Waals surface area contributed by atoms with Crippen molar-refractivity contribution in [2.75, 3.05) is 6.54 Å². The number of aryl methyl sites for hydroxylation is 1. The average molecular weight is 358 g/mol. The number of nitrogens with one attached hydrogen (secondary N) is 1. The van der Waals surface area contributed by atoms with E-state index in [2.05, 4.69) is 10.3 Å². The van der Waals surface area contributed by atoms with E-state index >= 15 is 0 Å². The highest BCUT2D eigenvalue weighted by Gasteiger charge is 2.16. The predicted octanol–water partition coefficient (Wildman–Crippen LogP) is 3.35. The number of ether oxygens (including phenoxy) is 1. The number of imidazole rings is 1. The number of benzene rings is 2. The van der Waals surface area contributed by atoms with Gasteiger partial charge in [-0.2, -0.15) is 0 Å². The van der Waals surface area contributed by atoms with Gasteiger partial charge in [-0.25, -0.2) is 4.98 Å². The summed E-state index contributed by atoms with van der Waals surface area (Å²) in [7, 11) is 1.98. The number of carbonyl (C=O) groups is 1. The van der Waals surface area contributed by atoms with Crippen LogP contribution in [0.15, 0.2) is 48.5 Å². The number of fused-ring (bicyclic) bond motifs is 1. The Morgan fingerprint density at radius 1 is 1.24 bits per heavy atom. The van der Waals surface area contributed by atoms with Crippen molar-refractivity contribution >= 4 is 28.5 Å². The first-order valence-electron chi connectivity index (χ1n) is 8.15. The van der Waals surface area contributed by atoms with Crippen molar-refractivity contribution in [1.29, 1.82) is 0 Å². The van der Waals surface area contributed by atoms with Gasteiger partial charge in [-0.15, -0.1) is 0 Å². The summed E-state index contributed by atoms with van der Waals surface area (Å²) >= 11 is 6.05. The Hall–Kier alpha value is -2.53. The third-order valence-electron chi connectivity index (χ3n) is 4.04. The lowest BCUT2D eigenvalue weighted by Crippen LogP contribution is -2.37. The van der Waals surface area contributed by atoms with E-state index in [9.17, 15) is 4.79 Å². The number of hydrogen-bond donors (Lipinski definition) is 1. The first kappa shape index (κ1) is 17.3. The van der Waals surface area contributed by atoms with Gasteiger partial charge in [-0.05, 0) is 31.2 Å². The number of carbonyl (C=O) groups excluding carboxylic acids is 1. The van der Waals surface area contributed by atoms with Crippen LogP contribution in [0, 0.1) is 0 Å². The van der Waals surface area contributed by atoms with Crippen molar-refractivity contribution < 1.29 is 9.53 Å². The van der Waals surface area contributed by atoms with Crippen molar-refractivity contribution in [2.45, 2.75) is 19.4 Å². The van der Waals surface area contributed by atoms with E-state index in [4.69, 9.17) is 16.3 Å². The molecule has 1 heterocycles. The number of nitrogens with zero attached hydrogens (tertiary/aromatic N) is 2. The smallest absolute Gasteiger partial charge is 0.260 e. The monoisotopic (exact) mass is 357 g/mol. The molecule has 0 radical (unpaired) electrons. The zero-order valence-corrected chi connectivity index (χ0v) is 15.0. The topological polar surface area (TPSA) is 56.1 Å². The quantitative estimate of drug-likeness (QED) is 0.736. The number of hydrogen-bond acceptors (Lipinski definition) is 3. The minimum atomic E-state index is -0.625. The van der Waals surface area contributed by atoms with E-state index in [0.29, 0.717) is 23.7 Å². The van der Waals surface area contributed by atoms with Crippen LogP contribution in [0.5, 0.6) is 5.75 Å². The number of amides is 1. The molecule has 0 saturated carbocycles. The second kappa shape index (κ2) is 7.57. The molecule has 0 aliphatic carbocycles. The lowest BCUT2D eigenvalue weighted by Gasteiger charge is -2.15. The van der Waals surface area contributed by atoms with E-state index in [0.717, 1.165) is 16.9 Å². The van der Waals surface area contributed by atoms with Gasteiger partial charge in [-0.3, -0.25) is 4.79 Å². The largest absolute Gasteiger partial charge is 0.479 e. The van der Waals surface area contributed by atoms with Crippen LogP contribution in [0.1, 0.15) is 12.7 Å². The molecule has 0 bridgehead atoms. The molecule has 0 aliphatic heterocycles. The van der Waals surface area contributed by atoms with Crippen LogP contribution >= 0.6 is 11.6 Å². The first-order valence-corrected chi connectivity index (χ1v) is 8.53. The molecule has 5 nitrogen and oxygen atoms in total. The molecule has 3 aromatic rings. The van der Waals surface area contributed by atoms with Gasteiger partial charge in [0.05, 0.1) is 16.1 Å². The second-order valence-electron chi connectivity index (χ2n) is 5.81. The van der Waals surface area contributed by atoms with Crippen molar-refractivity contribution in [3.8, 4) is 5.75 Å². The van der Waals surface area contributed by atoms with Crippen LogP contribution in [-0.4, -0.2) is 28.1 Å². The molecule has 25 heavy (non-hydrogen) atoms. The van der Waals surface area contributed by atoms with Gasteiger partial charge < -0.3 is 14.6 Å². The van der Waals surface area contributed by atoms with Gasteiger partial charge in [0.2, 0.25) is 0 Å². The Morgan fingerprint density at radius 3 is 2.72 bits per heavy atom. The molecule has 1 amide bonds. The highest BCUT2D eigenvalue weighted by molar-refractivity contribution is 6.32. The summed E-state index contributed by atoms with van der Waals surface area (Å²) in [4.78, 5) is 16.8. The maximum atomic E-state index is 12.2. The predicted molar refractivity (Wildman–Crippen MR) is 99.0 cm³/mol. The standard InChI is InChI=1S/C19H20ClN3O2/c1-13(25-17-10-6-3-7-14(17)20)19(24)21-12-11-18-22-15-8-4-5-9-16(15)23(18)2/h3-10,13H,11-12H2,1-2H3,(H,21,24). The van der Waals surface area contributed by atoms with Gasteiger partial charge in [0.1, 0.15) is 11.6 Å². The maximum absolute atomic E-state index is 12.2. The fourth-order valence-electron chi connectivity index (χ4n) is 2.64. The Bertz CT molecular complexity index is 891. The summed E-state index contributed by atoms with van der Waals surface area (Å²) < 4.78 is 7.66. The number of aromatic nitrogens is 2. The summed E-state index contributed by atoms with van der Waals surface area (Å²) in [5.41, 5.74) is 2.04. The molecule has 0 fully saturated rings. The van der Waals surface area contributed by atoms with Crippen LogP contribution in [-0.2, 0) is 18.3 Å². The average Bonchev–Trinajstić information content (AvgIpc) is 2.93. The highest BCUT2D eigenvalue weighted by Crippen LogP contribution is 2.24. The molecule has 1 atom stereocenters. The third kappa shape index (κ3) is 3.94. The van der Waals surface area contributed by atoms with Crippen molar-refractivity contribution in [3.63, 3.8) is 0 Å². The zero-order valence-electron chi connectivity index (χ0n) is 14.2. The second-order valence-corrected chi connectivity index (χ2v) is 6.21. The highest BCUT2D eigenvalue weighted by atomic mass is 35.5. The normalized spacial score (nSPS) is 12.1. The summed E-state index contributed by atoms with van der Waals surface area (Å²) in [5, 5.41) is 3.37. The van der Waals surface area contributed by atoms with Crippen molar-refractivity contribution in [2.24, 2.45) is 7.05 Å². The van der Waals surface area contributed by atoms with Gasteiger partial charge in [-0.1, -0.05) is 35.9 Å². The number of para-hydroxylation sites is 3. The summed E-state index contributed by atoms with van der Waals surface area (Å²) in [6.45, 7) is 2.19. The summed E-state index contributed by atoms with van der Waals surface area (Å²) in [6.07, 6.45) is 0.0239. The summed E-state index contributed by atoms with van der Waals surface area (Å²) in [5.74, 6) is 1.25. The molecule has 1 N–H and O–H groups in total. The maximum Gasteiger partial charge on any atom is 0.260 e. The molecule has 1 unspecified atom stereocenters. The number of halogens is 1. The Labute approximate surface area is 151 Å². The van der Waals surface area contributed by atoms with Gasteiger partial charge >= 0.3 is 0 Å². The molecule has 6 heteroatoms. The Balaban J connectivity index is 1.55. The third-order valence-corrected chi connectivity index (χ3v) is 4.35. The lowest BCUT2D eigenvalue weighted by atomic mass is 10.3. The SMILES string of the molecule is CC(Oc1ccccc1Cl)C(=O)NCCc1nc2ccccc2n1C. The van der Waals surface area contributed by atoms with Crippen LogP contribution in [0.3, 0.4) is 0 Å². The summed E-state index contributed by atoms with van der Waals surface area (Å²) in [6, 6.07) is 15.1. The van der Waals surface area contributed by atoms with Crippen LogP contribution in [0.25, 0.3) is 11.0 Å². The van der Waals surface area contributed by atoms with Crippen LogP contribution in [0.2, 0.25) is 5.02 Å². The molecular weight excluding hydrogens is 338 g/mol. The van der Waals surface area contributed by atoms with Gasteiger partial charge in [0.15, 0.2) is 6.10 Å². The molecule has 2 aromatic carbocycles. The fraction of sp³-hybridized carbons (Fsp3) is 0.263. The van der Waals surface area contributed by atoms with Crippen LogP contribution < -0.4 is 10.1 Å². The molecule has 0 spiro atoms. The van der Waals surface area contributed by atoms with E-state index in [1.807, 2.05) is 48.0 Å². The minimum absolute atomic E-state index is 0.182. The zero-order chi connectivity index (χ0) is 17.8. The molecule has 0 aliphatic rings. The van der Waals surface area contributed by atoms with Gasteiger partial charge in [0.25, 0.3) is 5.91 Å². The van der Waals surface area contributed by atoms with Crippen molar-refractivity contribution in [3.05, 3.63) is 59.4 Å². The molecule has 0 saturated heterocycles. The molecule has 3 rings (SSSR count). The molecular formula is C19H20ClN3O2. The van der Waals surface area contributed by atoms with Crippen molar-refractivity contribution in [1.82, 2.24) is 14.9 Å². The van der Waals surface area contributed by atoms with Gasteiger partial charge in [0, 0.05) is 20.0 Å². The van der Waals surface area contributed by atoms with E-state index in [-0.39, 0.29) is 5.91 Å². The minimum Gasteiger partial charge on any atom is -0.479 e. The number of rotatable bonds is 6. The van der Waals surface area contributed by atoms with Crippen LogP contribution in [0.4, 0.5) is 0 Å². The lowest BCUT2D eigenvalue weighted by molar-refractivity contribution is -0.127. The fourth-order valence-corrected chi connectivity index (χ4v) is 2.82. The van der Waals surface area contributed by atoms with E-state index < -0.39 is 6.10 Å². The first-order chi connectivity index (χ1) is 12.1. The Morgan fingerprint density at radius 2 is 1.96 bits per heavy atom. The Kier molecular flexibility index (Phi) is 5.24. The molecule has 130 valence electrons. The molecule has 1 aromatic heterocycles.